The minimum Gasteiger partial charge on any atom is -0.351 e. The second-order valence-electron chi connectivity index (χ2n) is 9.04. The molecule has 164 valence electrons. The Hall–Kier alpha value is -3.73. The number of benzene rings is 3. The molecule has 1 saturated carbocycles. The van der Waals surface area contributed by atoms with E-state index in [1.54, 1.807) is 0 Å². The van der Waals surface area contributed by atoms with Gasteiger partial charge in [0.25, 0.3) is 0 Å². The molecule has 0 radical (unpaired) electrons. The van der Waals surface area contributed by atoms with Gasteiger partial charge in [0.05, 0.1) is 11.0 Å². The predicted molar refractivity (Wildman–Crippen MR) is 135 cm³/mol. The van der Waals surface area contributed by atoms with E-state index >= 15 is 0 Å². The zero-order valence-electron chi connectivity index (χ0n) is 18.8. The number of imidazole rings is 1. The summed E-state index contributed by atoms with van der Waals surface area (Å²) >= 11 is 0. The number of nitrogens with one attached hydrogen (secondary N) is 1. The van der Waals surface area contributed by atoms with Crippen LogP contribution in [0, 0.1) is 6.92 Å². The summed E-state index contributed by atoms with van der Waals surface area (Å²) in [5.41, 5.74) is 4.29. The zero-order valence-corrected chi connectivity index (χ0v) is 18.8. The molecule has 2 aromatic heterocycles. The summed E-state index contributed by atoms with van der Waals surface area (Å²) in [5.74, 6) is 2.42. The van der Waals surface area contributed by atoms with E-state index in [9.17, 15) is 0 Å². The third kappa shape index (κ3) is 3.84. The summed E-state index contributed by atoms with van der Waals surface area (Å²) in [6.45, 7) is 2.11. The second kappa shape index (κ2) is 8.32. The first-order valence-corrected chi connectivity index (χ1v) is 11.8. The van der Waals surface area contributed by atoms with Crippen LogP contribution in [0.2, 0.25) is 0 Å². The van der Waals surface area contributed by atoms with Gasteiger partial charge in [0.2, 0.25) is 5.95 Å². The van der Waals surface area contributed by atoms with Crippen molar-refractivity contribution >= 4 is 27.8 Å². The molecular weight excluding hydrogens is 406 g/mol. The van der Waals surface area contributed by atoms with Crippen LogP contribution < -0.4 is 5.32 Å². The average Bonchev–Trinajstić information content (AvgIpc) is 3.23. The molecule has 0 spiro atoms. The van der Waals surface area contributed by atoms with E-state index in [0.29, 0.717) is 12.0 Å². The summed E-state index contributed by atoms with van der Waals surface area (Å²) in [6, 6.07) is 23.8. The molecule has 1 aliphatic carbocycles. The van der Waals surface area contributed by atoms with Gasteiger partial charge in [-0.3, -0.25) is 4.57 Å². The van der Waals surface area contributed by atoms with Gasteiger partial charge in [0, 0.05) is 17.8 Å². The Morgan fingerprint density at radius 1 is 0.848 bits per heavy atom. The third-order valence-corrected chi connectivity index (χ3v) is 6.63. The molecule has 0 atom stereocenters. The van der Waals surface area contributed by atoms with Gasteiger partial charge in [-0.1, -0.05) is 61.7 Å². The number of hydrogen-bond donors (Lipinski definition) is 1. The first-order valence-electron chi connectivity index (χ1n) is 11.8. The minimum absolute atomic E-state index is 0.454. The van der Waals surface area contributed by atoms with Crippen molar-refractivity contribution in [1.29, 1.82) is 0 Å². The fourth-order valence-electron chi connectivity index (χ4n) is 4.91. The lowest BCUT2D eigenvalue weighted by molar-refractivity contribution is 0.461. The minimum atomic E-state index is 0.454. The lowest BCUT2D eigenvalue weighted by atomic mass is 9.96. The Labute approximate surface area is 193 Å². The number of rotatable bonds is 4. The van der Waals surface area contributed by atoms with E-state index in [1.807, 2.05) is 12.3 Å². The molecule has 6 rings (SSSR count). The molecular formula is C28H27N5. The van der Waals surface area contributed by atoms with Gasteiger partial charge < -0.3 is 5.32 Å². The van der Waals surface area contributed by atoms with Gasteiger partial charge in [-0.2, -0.15) is 4.98 Å². The standard InChI is InChI=1S/C28H27N5/c1-19-11-14-24-25(17-19)33(26-15-16-29-28(32-26)30-23-9-3-2-4-10-23)27(31-24)22-13-12-20-7-5-6-8-21(20)18-22/h5-8,11-18,23H,2-4,9-10H2,1H3,(H,29,30,32). The topological polar surface area (TPSA) is 55.6 Å². The van der Waals surface area contributed by atoms with E-state index in [4.69, 9.17) is 9.97 Å². The molecule has 3 aromatic carbocycles. The van der Waals surface area contributed by atoms with Crippen LogP contribution in [0.1, 0.15) is 37.7 Å². The third-order valence-electron chi connectivity index (χ3n) is 6.63. The van der Waals surface area contributed by atoms with E-state index in [2.05, 4.69) is 82.5 Å². The molecule has 0 aliphatic heterocycles. The van der Waals surface area contributed by atoms with Crippen LogP contribution in [0.5, 0.6) is 0 Å². The van der Waals surface area contributed by atoms with Gasteiger partial charge >= 0.3 is 0 Å². The maximum absolute atomic E-state index is 5.03. The second-order valence-corrected chi connectivity index (χ2v) is 9.04. The number of hydrogen-bond acceptors (Lipinski definition) is 4. The highest BCUT2D eigenvalue weighted by molar-refractivity contribution is 5.89. The van der Waals surface area contributed by atoms with E-state index in [-0.39, 0.29) is 0 Å². The van der Waals surface area contributed by atoms with Crippen molar-refractivity contribution in [3.8, 4) is 17.2 Å². The summed E-state index contributed by atoms with van der Waals surface area (Å²) < 4.78 is 2.17. The quantitative estimate of drug-likeness (QED) is 0.343. The zero-order chi connectivity index (χ0) is 22.2. The van der Waals surface area contributed by atoms with Crippen LogP contribution in [0.15, 0.2) is 72.9 Å². The van der Waals surface area contributed by atoms with Gasteiger partial charge in [0.15, 0.2) is 0 Å². The van der Waals surface area contributed by atoms with Gasteiger partial charge in [-0.15, -0.1) is 0 Å². The maximum Gasteiger partial charge on any atom is 0.224 e. The van der Waals surface area contributed by atoms with Gasteiger partial charge in [0.1, 0.15) is 11.6 Å². The van der Waals surface area contributed by atoms with E-state index < -0.39 is 0 Å². The average molecular weight is 434 g/mol. The predicted octanol–water partition coefficient (Wildman–Crippen LogP) is 6.69. The molecule has 0 amide bonds. The highest BCUT2D eigenvalue weighted by Gasteiger charge is 2.18. The highest BCUT2D eigenvalue weighted by atomic mass is 15.2. The Morgan fingerprint density at radius 3 is 2.58 bits per heavy atom. The van der Waals surface area contributed by atoms with Crippen molar-refractivity contribution in [1.82, 2.24) is 19.5 Å². The van der Waals surface area contributed by atoms with Crippen molar-refractivity contribution in [2.45, 2.75) is 45.1 Å². The fraction of sp³-hybridized carbons (Fsp3) is 0.250. The fourth-order valence-corrected chi connectivity index (χ4v) is 4.91. The van der Waals surface area contributed by atoms with E-state index in [0.717, 1.165) is 28.2 Å². The van der Waals surface area contributed by atoms with Crippen molar-refractivity contribution in [3.05, 3.63) is 78.5 Å². The molecule has 0 saturated heterocycles. The molecule has 0 bridgehead atoms. The van der Waals surface area contributed by atoms with Crippen LogP contribution in [-0.2, 0) is 0 Å². The Bertz CT molecular complexity index is 1450. The maximum atomic E-state index is 5.03. The number of aryl methyl sites for hydroxylation is 1. The first-order chi connectivity index (χ1) is 16.2. The van der Waals surface area contributed by atoms with Crippen LogP contribution in [0.25, 0.3) is 39.0 Å². The number of nitrogens with zero attached hydrogens (tertiary/aromatic N) is 4. The van der Waals surface area contributed by atoms with Crippen LogP contribution in [0.3, 0.4) is 0 Å². The largest absolute Gasteiger partial charge is 0.351 e. The molecule has 1 aliphatic rings. The number of anilines is 1. The Kier molecular flexibility index (Phi) is 5.02. The van der Waals surface area contributed by atoms with Crippen LogP contribution in [-0.4, -0.2) is 25.6 Å². The Morgan fingerprint density at radius 2 is 1.70 bits per heavy atom. The molecule has 5 nitrogen and oxygen atoms in total. The van der Waals surface area contributed by atoms with Crippen LogP contribution in [0.4, 0.5) is 5.95 Å². The SMILES string of the molecule is Cc1ccc2nc(-c3ccc4ccccc4c3)n(-c3ccnc(NC4CCCCC4)n3)c2c1. The summed E-state index contributed by atoms with van der Waals surface area (Å²) in [5, 5.41) is 5.99. The van der Waals surface area contributed by atoms with Crippen molar-refractivity contribution < 1.29 is 0 Å². The summed E-state index contributed by atoms with van der Waals surface area (Å²) in [6.07, 6.45) is 8.09. The first kappa shape index (κ1) is 19.9. The van der Waals surface area contributed by atoms with Crippen molar-refractivity contribution in [2.24, 2.45) is 0 Å². The normalized spacial score (nSPS) is 14.7. The van der Waals surface area contributed by atoms with Gasteiger partial charge in [-0.05, 0) is 60.4 Å². The number of fused-ring (bicyclic) bond motifs is 2. The Balaban J connectivity index is 1.49. The lowest BCUT2D eigenvalue weighted by Crippen LogP contribution is -2.23. The molecule has 5 aromatic rings. The van der Waals surface area contributed by atoms with Crippen molar-refractivity contribution in [3.63, 3.8) is 0 Å². The molecule has 2 heterocycles. The molecule has 1 N–H and O–H groups in total. The van der Waals surface area contributed by atoms with Crippen LogP contribution >= 0.6 is 0 Å². The highest BCUT2D eigenvalue weighted by Crippen LogP contribution is 2.31. The molecule has 1 fully saturated rings. The summed E-state index contributed by atoms with van der Waals surface area (Å²) in [7, 11) is 0. The smallest absolute Gasteiger partial charge is 0.224 e. The van der Waals surface area contributed by atoms with Gasteiger partial charge in [-0.25, -0.2) is 9.97 Å². The molecule has 0 unspecified atom stereocenters. The molecule has 5 heteroatoms. The molecule has 33 heavy (non-hydrogen) atoms. The monoisotopic (exact) mass is 433 g/mol. The van der Waals surface area contributed by atoms with Crippen molar-refractivity contribution in [2.75, 3.05) is 5.32 Å². The number of aromatic nitrogens is 4. The van der Waals surface area contributed by atoms with E-state index in [1.165, 1.54) is 48.4 Å². The lowest BCUT2D eigenvalue weighted by Gasteiger charge is -2.22. The summed E-state index contributed by atoms with van der Waals surface area (Å²) in [4.78, 5) is 14.5.